The molecular weight excluding hydrogens is 1330 g/mol. The van der Waals surface area contributed by atoms with Gasteiger partial charge in [0.25, 0.3) is 0 Å². The van der Waals surface area contributed by atoms with Gasteiger partial charge >= 0.3 is 0 Å². The molecule has 0 amide bonds. The number of hydrogen-bond acceptors (Lipinski definition) is 2. The normalized spacial score (nSPS) is 12.0. The van der Waals surface area contributed by atoms with Crippen molar-refractivity contribution in [2.45, 2.75) is 0 Å². The van der Waals surface area contributed by atoms with E-state index in [2.05, 4.69) is 388 Å². The molecule has 0 aliphatic heterocycles. The first-order chi connectivity index (χ1) is 54.6. The second-order valence-corrected chi connectivity index (χ2v) is 29.5. The molecule has 2 heteroatoms. The lowest BCUT2D eigenvalue weighted by molar-refractivity contribution is 0.672. The minimum atomic E-state index is 0.855. The van der Waals surface area contributed by atoms with E-state index in [0.717, 1.165) is 105 Å². The average Bonchev–Trinajstić information content (AvgIpc) is 1.50. The van der Waals surface area contributed by atoms with E-state index < -0.39 is 0 Å². The summed E-state index contributed by atoms with van der Waals surface area (Å²) in [6, 6.07) is 144. The van der Waals surface area contributed by atoms with Crippen LogP contribution in [0.5, 0.6) is 0 Å². The highest BCUT2D eigenvalue weighted by Crippen LogP contribution is 2.51. The molecule has 0 N–H and O–H groups in total. The molecule has 0 bridgehead atoms. The Morgan fingerprint density at radius 1 is 0.136 bits per heavy atom. The van der Waals surface area contributed by atoms with Crippen LogP contribution < -0.4 is 0 Å². The Morgan fingerprint density at radius 2 is 0.455 bits per heavy atom. The standard InChI is InChI=1S/C108H64O2/c1-2-24-65(25-3-1)66-50-52-67(53-51-66)101-85-39-10-12-41-87(85)104(88-42-13-11-40-86(88)101)76-32-22-28-72(61-76)95-63-98-100(110-108-94-48-19-7-36-82(94)80-34-5-9-38-84(80)106(98)108)64-96(95)73-54-56-78-70(59-73)29-23-49-77(78)71-27-21-31-75(60-71)103-91-45-16-14-43-89(91)102(90-44-15-17-46-92(90)103)74-30-20-26-68(58-74)69-55-57-99-97(62-69)105-83-37-8-4-33-79(83)81-35-6-18-47-93(81)107(105)109-99/h1-64H. The van der Waals surface area contributed by atoms with Gasteiger partial charge in [-0.05, 0) is 235 Å². The van der Waals surface area contributed by atoms with Gasteiger partial charge in [0.05, 0.1) is 0 Å². The molecule has 0 fully saturated rings. The number of benzene rings is 21. The third kappa shape index (κ3) is 9.56. The number of hydrogen-bond donors (Lipinski definition) is 0. The number of rotatable bonds is 9. The van der Waals surface area contributed by atoms with Crippen LogP contribution in [0, 0.1) is 0 Å². The van der Waals surface area contributed by atoms with Crippen LogP contribution in [-0.4, -0.2) is 0 Å². The summed E-state index contributed by atoms with van der Waals surface area (Å²) < 4.78 is 14.0. The molecule has 23 rings (SSSR count). The van der Waals surface area contributed by atoms with Gasteiger partial charge < -0.3 is 8.83 Å². The van der Waals surface area contributed by atoms with Gasteiger partial charge in [0.15, 0.2) is 0 Å². The van der Waals surface area contributed by atoms with Crippen molar-refractivity contribution in [3.05, 3.63) is 388 Å². The first-order valence-electron chi connectivity index (χ1n) is 38.0. The monoisotopic (exact) mass is 1390 g/mol. The SMILES string of the molecule is c1ccc(-c2ccc(-c3c4ccccc4c(-c4cccc(-c5cc6c(cc5-c5ccc7c(-c8cccc(-c9c%10ccccc%10c(-c%10cccc(-c%11ccc%12oc%13c%14ccccc%14c%14ccccc%14c%13c%12c%11)c%10)c%10ccccc9%10)c8)cccc7c5)oc5c7ccccc7c7ccccc7c65)c4)c4ccccc34)cc2)cc1. The summed E-state index contributed by atoms with van der Waals surface area (Å²) in [5.41, 5.74) is 24.7. The first-order valence-corrected chi connectivity index (χ1v) is 38.0. The molecule has 110 heavy (non-hydrogen) atoms. The second kappa shape index (κ2) is 24.6. The van der Waals surface area contributed by atoms with Crippen molar-refractivity contribution < 1.29 is 8.83 Å². The van der Waals surface area contributed by atoms with Gasteiger partial charge in [0.2, 0.25) is 0 Å². The van der Waals surface area contributed by atoms with E-state index in [0.29, 0.717) is 0 Å². The maximum atomic E-state index is 7.25. The van der Waals surface area contributed by atoms with Gasteiger partial charge in [-0.1, -0.05) is 340 Å². The zero-order valence-corrected chi connectivity index (χ0v) is 59.8. The molecule has 0 atom stereocenters. The quantitative estimate of drug-likeness (QED) is 0.106. The van der Waals surface area contributed by atoms with Crippen molar-refractivity contribution in [2.24, 2.45) is 0 Å². The van der Waals surface area contributed by atoms with E-state index >= 15 is 0 Å². The highest BCUT2D eigenvalue weighted by molar-refractivity contribution is 6.33. The van der Waals surface area contributed by atoms with E-state index in [4.69, 9.17) is 8.83 Å². The lowest BCUT2D eigenvalue weighted by Gasteiger charge is -2.19. The van der Waals surface area contributed by atoms with Gasteiger partial charge in [-0.15, -0.1) is 0 Å². The van der Waals surface area contributed by atoms with E-state index in [9.17, 15) is 0 Å². The topological polar surface area (TPSA) is 26.3 Å². The van der Waals surface area contributed by atoms with E-state index in [-0.39, 0.29) is 0 Å². The second-order valence-electron chi connectivity index (χ2n) is 29.5. The summed E-state index contributed by atoms with van der Waals surface area (Å²) in [5, 5.41) is 26.0. The molecule has 21 aromatic carbocycles. The molecule has 23 aromatic rings. The lowest BCUT2D eigenvalue weighted by Crippen LogP contribution is -1.92. The number of fused-ring (bicyclic) bond motifs is 21. The molecule has 508 valence electrons. The molecule has 2 nitrogen and oxygen atoms in total. The molecule has 0 radical (unpaired) electrons. The zero-order valence-electron chi connectivity index (χ0n) is 59.8. The van der Waals surface area contributed by atoms with Crippen molar-refractivity contribution in [2.75, 3.05) is 0 Å². The average molecular weight is 1390 g/mol. The predicted octanol–water partition coefficient (Wildman–Crippen LogP) is 30.9. The molecule has 0 aliphatic rings. The fraction of sp³-hybridized carbons (Fsp3) is 0. The summed E-state index contributed by atoms with van der Waals surface area (Å²) in [4.78, 5) is 0. The Labute approximate surface area is 633 Å². The Kier molecular flexibility index (Phi) is 13.8. The van der Waals surface area contributed by atoms with Gasteiger partial charge in [0.1, 0.15) is 22.3 Å². The Hall–Kier alpha value is -14.4. The van der Waals surface area contributed by atoms with Crippen molar-refractivity contribution in [1.29, 1.82) is 0 Å². The van der Waals surface area contributed by atoms with Crippen LogP contribution in [0.2, 0.25) is 0 Å². The third-order valence-electron chi connectivity index (χ3n) is 23.6. The molecule has 0 saturated carbocycles. The first kappa shape index (κ1) is 61.8. The maximum absolute atomic E-state index is 7.25. The van der Waals surface area contributed by atoms with Crippen LogP contribution in [0.4, 0.5) is 0 Å². The van der Waals surface area contributed by atoms with Gasteiger partial charge in [-0.3, -0.25) is 0 Å². The third-order valence-corrected chi connectivity index (χ3v) is 23.6. The van der Waals surface area contributed by atoms with E-state index in [1.807, 2.05) is 0 Å². The van der Waals surface area contributed by atoms with E-state index in [1.54, 1.807) is 0 Å². The Balaban J connectivity index is 0.652. The minimum Gasteiger partial charge on any atom is -0.455 e. The van der Waals surface area contributed by atoms with Crippen LogP contribution in [0.3, 0.4) is 0 Å². The van der Waals surface area contributed by atoms with Gasteiger partial charge in [-0.25, -0.2) is 0 Å². The minimum absolute atomic E-state index is 0.855. The molecule has 0 spiro atoms. The van der Waals surface area contributed by atoms with Crippen LogP contribution in [0.1, 0.15) is 0 Å². The summed E-state index contributed by atoms with van der Waals surface area (Å²) in [5.74, 6) is 0. The van der Waals surface area contributed by atoms with E-state index in [1.165, 1.54) is 136 Å². The van der Waals surface area contributed by atoms with Crippen LogP contribution in [-0.2, 0) is 0 Å². The molecule has 0 aliphatic carbocycles. The van der Waals surface area contributed by atoms with Crippen LogP contribution in [0.25, 0.3) is 241 Å². The van der Waals surface area contributed by atoms with Crippen molar-refractivity contribution in [1.82, 2.24) is 0 Å². The van der Waals surface area contributed by atoms with Crippen molar-refractivity contribution in [3.8, 4) is 100 Å². The van der Waals surface area contributed by atoms with Crippen molar-refractivity contribution in [3.63, 3.8) is 0 Å². The number of furan rings is 2. The fourth-order valence-corrected chi connectivity index (χ4v) is 18.7. The largest absolute Gasteiger partial charge is 0.455 e. The summed E-state index contributed by atoms with van der Waals surface area (Å²) in [6.07, 6.45) is 0. The highest BCUT2D eigenvalue weighted by Gasteiger charge is 2.25. The molecule has 2 aromatic heterocycles. The van der Waals surface area contributed by atoms with Crippen molar-refractivity contribution >= 4 is 141 Å². The zero-order chi connectivity index (χ0) is 72.1. The van der Waals surface area contributed by atoms with Crippen LogP contribution in [0.15, 0.2) is 397 Å². The lowest BCUT2D eigenvalue weighted by atomic mass is 9.84. The van der Waals surface area contributed by atoms with Crippen LogP contribution >= 0.6 is 0 Å². The van der Waals surface area contributed by atoms with Gasteiger partial charge in [0, 0.05) is 32.3 Å². The summed E-state index contributed by atoms with van der Waals surface area (Å²) in [7, 11) is 0. The molecular formula is C108H64O2. The molecule has 0 unspecified atom stereocenters. The Morgan fingerprint density at radius 3 is 0.964 bits per heavy atom. The summed E-state index contributed by atoms with van der Waals surface area (Å²) in [6.45, 7) is 0. The molecule has 2 heterocycles. The Bertz CT molecular complexity index is 7710. The fourth-order valence-electron chi connectivity index (χ4n) is 18.7. The van der Waals surface area contributed by atoms with Gasteiger partial charge in [-0.2, -0.15) is 0 Å². The molecule has 0 saturated heterocycles. The summed E-state index contributed by atoms with van der Waals surface area (Å²) >= 11 is 0. The smallest absolute Gasteiger partial charge is 0.143 e. The predicted molar refractivity (Wildman–Crippen MR) is 467 cm³/mol. The highest BCUT2D eigenvalue weighted by atomic mass is 16.3. The maximum Gasteiger partial charge on any atom is 0.143 e.